The fraction of sp³-hybridized carbons (Fsp3) is 0.949. The lowest BCUT2D eigenvalue weighted by molar-refractivity contribution is -0.161. The number of phosphoric ester groups is 2. The number of esters is 4. The van der Waals surface area contributed by atoms with Crippen LogP contribution in [0.3, 0.4) is 0 Å². The van der Waals surface area contributed by atoms with Crippen molar-refractivity contribution in [3.05, 3.63) is 0 Å². The SMILES string of the molecule is CCC(C)CCCCCCCCCCCCC(=O)OC[C@H](COP(=O)(O)OCC(O)COP(=O)(O)OC[C@@H](COC(=O)CCCCCCCCCC(C)C)OC(=O)CCCCCCCCCCCCCCCC(C)C)OC(=O)CCCCCCCCCCCCCCCCCC(C)C. The van der Waals surface area contributed by atoms with Gasteiger partial charge >= 0.3 is 39.5 Å². The highest BCUT2D eigenvalue weighted by molar-refractivity contribution is 7.47. The minimum absolute atomic E-state index is 0.106. The van der Waals surface area contributed by atoms with Crippen LogP contribution < -0.4 is 0 Å². The second-order valence-corrected chi connectivity index (χ2v) is 33.0. The minimum Gasteiger partial charge on any atom is -0.462 e. The van der Waals surface area contributed by atoms with Gasteiger partial charge in [0.2, 0.25) is 0 Å². The maximum Gasteiger partial charge on any atom is 0.472 e. The molecule has 0 amide bonds. The molecule has 19 heteroatoms. The van der Waals surface area contributed by atoms with Crippen molar-refractivity contribution in [3.63, 3.8) is 0 Å². The van der Waals surface area contributed by atoms with Crippen molar-refractivity contribution >= 4 is 39.5 Å². The molecule has 0 rings (SSSR count). The van der Waals surface area contributed by atoms with Crippen LogP contribution in [0.5, 0.6) is 0 Å². The van der Waals surface area contributed by atoms with Crippen LogP contribution in [0, 0.1) is 23.7 Å². The minimum atomic E-state index is -4.96. The summed E-state index contributed by atoms with van der Waals surface area (Å²) in [5.74, 6) is 0.987. The Balaban J connectivity index is 5.25. The van der Waals surface area contributed by atoms with Crippen molar-refractivity contribution in [1.82, 2.24) is 0 Å². The van der Waals surface area contributed by atoms with Crippen molar-refractivity contribution < 1.29 is 80.2 Å². The third-order valence-corrected chi connectivity index (χ3v) is 20.6. The van der Waals surface area contributed by atoms with Gasteiger partial charge in [0.25, 0.3) is 0 Å². The van der Waals surface area contributed by atoms with Crippen LogP contribution in [-0.4, -0.2) is 96.7 Å². The van der Waals surface area contributed by atoms with Crippen molar-refractivity contribution in [2.45, 2.75) is 420 Å². The van der Waals surface area contributed by atoms with E-state index in [1.165, 1.54) is 199 Å². The Morgan fingerprint density at radius 1 is 0.286 bits per heavy atom. The third kappa shape index (κ3) is 71.1. The molecule has 0 aromatic carbocycles. The molecule has 0 aliphatic heterocycles. The van der Waals surface area contributed by atoms with E-state index < -0.39 is 97.5 Å². The zero-order valence-electron chi connectivity index (χ0n) is 64.4. The van der Waals surface area contributed by atoms with E-state index in [1.807, 2.05) is 0 Å². The maximum atomic E-state index is 13.1. The molecule has 0 saturated carbocycles. The number of phosphoric acid groups is 2. The molecular weight excluding hydrogens is 1280 g/mol. The largest absolute Gasteiger partial charge is 0.472 e. The summed E-state index contributed by atoms with van der Waals surface area (Å²) in [4.78, 5) is 72.9. The van der Waals surface area contributed by atoms with Crippen molar-refractivity contribution in [1.29, 1.82) is 0 Å². The van der Waals surface area contributed by atoms with Crippen LogP contribution in [0.2, 0.25) is 0 Å². The van der Waals surface area contributed by atoms with E-state index in [-0.39, 0.29) is 25.7 Å². The monoisotopic (exact) mass is 1440 g/mol. The fourth-order valence-corrected chi connectivity index (χ4v) is 13.6. The zero-order valence-corrected chi connectivity index (χ0v) is 66.2. The summed E-state index contributed by atoms with van der Waals surface area (Å²) in [6, 6.07) is 0. The van der Waals surface area contributed by atoms with Crippen LogP contribution in [0.25, 0.3) is 0 Å². The molecule has 0 radical (unpaired) electrons. The molecule has 0 bridgehead atoms. The summed E-state index contributed by atoms with van der Waals surface area (Å²) in [6.45, 7) is 14.2. The van der Waals surface area contributed by atoms with Gasteiger partial charge in [-0.3, -0.25) is 37.3 Å². The topological polar surface area (TPSA) is 237 Å². The Kier molecular flexibility index (Phi) is 66.8. The van der Waals surface area contributed by atoms with E-state index in [0.29, 0.717) is 31.6 Å². The van der Waals surface area contributed by atoms with Gasteiger partial charge in [-0.05, 0) is 49.4 Å². The Bertz CT molecular complexity index is 1920. The van der Waals surface area contributed by atoms with Gasteiger partial charge in [0, 0.05) is 25.7 Å². The lowest BCUT2D eigenvalue weighted by Gasteiger charge is -2.21. The van der Waals surface area contributed by atoms with Gasteiger partial charge in [0.15, 0.2) is 12.2 Å². The van der Waals surface area contributed by atoms with Crippen LogP contribution in [0.15, 0.2) is 0 Å². The Morgan fingerprint density at radius 2 is 0.490 bits per heavy atom. The fourth-order valence-electron chi connectivity index (χ4n) is 12.0. The summed E-state index contributed by atoms with van der Waals surface area (Å²) >= 11 is 0. The molecule has 6 atom stereocenters. The van der Waals surface area contributed by atoms with E-state index in [9.17, 15) is 43.2 Å². The Hall–Kier alpha value is -1.94. The number of carbonyl (C=O) groups is 4. The van der Waals surface area contributed by atoms with Crippen LogP contribution in [0.4, 0.5) is 0 Å². The molecule has 0 aliphatic rings. The molecule has 0 heterocycles. The highest BCUT2D eigenvalue weighted by Crippen LogP contribution is 2.45. The number of aliphatic hydroxyl groups excluding tert-OH is 1. The van der Waals surface area contributed by atoms with Crippen LogP contribution in [0.1, 0.15) is 402 Å². The molecule has 4 unspecified atom stereocenters. The normalized spacial score (nSPS) is 14.3. The summed E-state index contributed by atoms with van der Waals surface area (Å²) in [5, 5.41) is 10.6. The molecule has 0 spiro atoms. The maximum absolute atomic E-state index is 13.1. The molecule has 0 saturated heterocycles. The van der Waals surface area contributed by atoms with Gasteiger partial charge in [-0.1, -0.05) is 351 Å². The second-order valence-electron chi connectivity index (χ2n) is 30.1. The molecule has 3 N–H and O–H groups in total. The van der Waals surface area contributed by atoms with Crippen LogP contribution >= 0.6 is 15.6 Å². The molecule has 0 aromatic heterocycles. The number of aliphatic hydroxyl groups is 1. The van der Waals surface area contributed by atoms with E-state index in [4.69, 9.17) is 37.0 Å². The lowest BCUT2D eigenvalue weighted by Crippen LogP contribution is -2.30. The molecule has 0 fully saturated rings. The predicted molar refractivity (Wildman–Crippen MR) is 400 cm³/mol. The molecule has 0 aromatic rings. The van der Waals surface area contributed by atoms with Crippen molar-refractivity contribution in [3.8, 4) is 0 Å². The number of hydrogen-bond acceptors (Lipinski definition) is 15. The number of hydrogen-bond donors (Lipinski definition) is 3. The number of rotatable bonds is 76. The smallest absolute Gasteiger partial charge is 0.462 e. The van der Waals surface area contributed by atoms with Gasteiger partial charge in [0.1, 0.15) is 19.3 Å². The van der Waals surface area contributed by atoms with E-state index >= 15 is 0 Å². The quantitative estimate of drug-likeness (QED) is 0.0222. The second kappa shape index (κ2) is 68.2. The number of ether oxygens (including phenoxy) is 4. The first-order chi connectivity index (χ1) is 47.1. The standard InChI is InChI=1S/C79H154O17P2/c1-9-72(8)58-50-42-34-26-22-23-27-35-43-51-59-76(81)89-65-74(95-78(83)61-53-45-36-28-20-16-12-10-11-14-18-24-31-39-47-55-69(2)3)67-93-97(85,86)91-63-73(80)64-92-98(87,88)94-68-75(66-90-77(82)60-52-44-38-30-33-41-49-57-71(6)7)96-79(84)62-54-46-37-29-21-17-13-15-19-25-32-40-48-56-70(4)5/h69-75,80H,9-68H2,1-8H3,(H,85,86)(H,87,88)/t72?,73?,74-,75-/m1/s1. The summed E-state index contributed by atoms with van der Waals surface area (Å²) in [5.41, 5.74) is 0. The van der Waals surface area contributed by atoms with Gasteiger partial charge < -0.3 is 33.8 Å². The first kappa shape index (κ1) is 96.1. The molecule has 582 valence electrons. The lowest BCUT2D eigenvalue weighted by atomic mass is 9.99. The average Bonchev–Trinajstić information content (AvgIpc) is 1.11. The van der Waals surface area contributed by atoms with Gasteiger partial charge in [-0.15, -0.1) is 0 Å². The molecular formula is C79H154O17P2. The third-order valence-electron chi connectivity index (χ3n) is 18.7. The zero-order chi connectivity index (χ0) is 72.4. The summed E-state index contributed by atoms with van der Waals surface area (Å²) < 4.78 is 68.7. The van der Waals surface area contributed by atoms with Gasteiger partial charge in [-0.25, -0.2) is 9.13 Å². The van der Waals surface area contributed by atoms with Crippen LogP contribution in [-0.2, 0) is 65.4 Å². The summed E-state index contributed by atoms with van der Waals surface area (Å²) in [7, 11) is -9.92. The molecule has 98 heavy (non-hydrogen) atoms. The van der Waals surface area contributed by atoms with Gasteiger partial charge in [0.05, 0.1) is 26.4 Å². The Labute approximate surface area is 600 Å². The van der Waals surface area contributed by atoms with Crippen molar-refractivity contribution in [2.24, 2.45) is 23.7 Å². The summed E-state index contributed by atoms with van der Waals surface area (Å²) in [6.07, 6.45) is 54.1. The predicted octanol–water partition coefficient (Wildman–Crippen LogP) is 23.2. The van der Waals surface area contributed by atoms with E-state index in [1.54, 1.807) is 0 Å². The van der Waals surface area contributed by atoms with Crippen molar-refractivity contribution in [2.75, 3.05) is 39.6 Å². The first-order valence-electron chi connectivity index (χ1n) is 40.7. The highest BCUT2D eigenvalue weighted by Gasteiger charge is 2.30. The first-order valence-corrected chi connectivity index (χ1v) is 43.7. The highest BCUT2D eigenvalue weighted by atomic mass is 31.2. The Morgan fingerprint density at radius 3 is 0.724 bits per heavy atom. The number of carbonyl (C=O) groups excluding carboxylic acids is 4. The van der Waals surface area contributed by atoms with E-state index in [0.717, 1.165) is 114 Å². The molecule has 0 aliphatic carbocycles. The number of unbranched alkanes of at least 4 members (excludes halogenated alkanes) is 41. The van der Waals surface area contributed by atoms with E-state index in [2.05, 4.69) is 55.4 Å². The van der Waals surface area contributed by atoms with Gasteiger partial charge in [-0.2, -0.15) is 0 Å². The molecule has 17 nitrogen and oxygen atoms in total. The average molecular weight is 1440 g/mol.